The number of carbonyl (C=O) groups is 1. The van der Waals surface area contributed by atoms with E-state index in [1.54, 1.807) is 11.4 Å². The van der Waals surface area contributed by atoms with E-state index < -0.39 is 0 Å². The van der Waals surface area contributed by atoms with Crippen molar-refractivity contribution in [2.24, 2.45) is 0 Å². The van der Waals surface area contributed by atoms with Crippen molar-refractivity contribution in [3.8, 4) is 11.8 Å². The van der Waals surface area contributed by atoms with E-state index in [1.807, 2.05) is 0 Å². The molecule has 0 aliphatic heterocycles. The lowest BCUT2D eigenvalue weighted by Gasteiger charge is -2.00. The number of carbonyl (C=O) groups excluding carboxylic acids is 1. The normalized spacial score (nSPS) is 9.74. The van der Waals surface area contributed by atoms with Crippen LogP contribution in [0.2, 0.25) is 0 Å². The van der Waals surface area contributed by atoms with Crippen molar-refractivity contribution in [2.45, 2.75) is 13.0 Å². The molecule has 7 heteroatoms. The molecule has 0 fully saturated rings. The summed E-state index contributed by atoms with van der Waals surface area (Å²) >= 11 is 1.31. The Morgan fingerprint density at radius 3 is 3.21 bits per heavy atom. The molecule has 2 heterocycles. The number of rotatable bonds is 4. The van der Waals surface area contributed by atoms with Crippen LogP contribution in [0.15, 0.2) is 22.4 Å². The van der Waals surface area contributed by atoms with Crippen LogP contribution >= 0.6 is 11.3 Å². The summed E-state index contributed by atoms with van der Waals surface area (Å²) in [6.07, 6.45) is 1.60. The molecular weight excluding hydrogens is 266 g/mol. The summed E-state index contributed by atoms with van der Waals surface area (Å²) in [6, 6.07) is 1.78. The van der Waals surface area contributed by atoms with E-state index in [9.17, 15) is 4.79 Å². The molecule has 0 unspecified atom stereocenters. The monoisotopic (exact) mass is 277 g/mol. The van der Waals surface area contributed by atoms with Gasteiger partial charge in [-0.2, -0.15) is 4.98 Å². The largest absolute Gasteiger partial charge is 0.395 e. The molecule has 0 saturated carbocycles. The van der Waals surface area contributed by atoms with E-state index in [2.05, 4.69) is 31.8 Å². The third kappa shape index (κ3) is 3.64. The number of thiophene rings is 1. The van der Waals surface area contributed by atoms with E-state index in [-0.39, 0.29) is 19.1 Å². The van der Waals surface area contributed by atoms with Gasteiger partial charge in [-0.15, -0.1) is 11.3 Å². The van der Waals surface area contributed by atoms with Gasteiger partial charge in [0.05, 0.1) is 13.2 Å². The van der Waals surface area contributed by atoms with Gasteiger partial charge >= 0.3 is 0 Å². The van der Waals surface area contributed by atoms with Crippen LogP contribution in [0.4, 0.5) is 0 Å². The maximum absolute atomic E-state index is 12.0. The van der Waals surface area contributed by atoms with Gasteiger partial charge in [-0.25, -0.2) is 0 Å². The molecule has 98 valence electrons. The lowest BCUT2D eigenvalue weighted by atomic mass is 10.2. The van der Waals surface area contributed by atoms with Gasteiger partial charge in [0.1, 0.15) is 4.88 Å². The van der Waals surface area contributed by atoms with Crippen molar-refractivity contribution < 1.29 is 14.4 Å². The number of aliphatic hydroxyl groups excluding tert-OH is 1. The first kappa shape index (κ1) is 13.3. The molecule has 1 amide bonds. The standard InChI is InChI=1S/C12H11N3O3S/c16-5-2-1-3-9-4-6-19-11(9)12(17)13-7-10-14-8-18-15-10/h4,6,8,16H,2,5,7H2,(H,13,17). The minimum Gasteiger partial charge on any atom is -0.395 e. The maximum atomic E-state index is 12.0. The number of amides is 1. The Morgan fingerprint density at radius 2 is 2.47 bits per heavy atom. The highest BCUT2D eigenvalue weighted by Gasteiger charge is 2.12. The summed E-state index contributed by atoms with van der Waals surface area (Å²) in [4.78, 5) is 16.3. The van der Waals surface area contributed by atoms with Gasteiger partial charge in [-0.05, 0) is 11.4 Å². The average Bonchev–Trinajstić information content (AvgIpc) is 3.07. The lowest BCUT2D eigenvalue weighted by molar-refractivity contribution is 0.0953. The Hall–Kier alpha value is -2.17. The van der Waals surface area contributed by atoms with Crippen LogP contribution in [0.3, 0.4) is 0 Å². The van der Waals surface area contributed by atoms with Crippen molar-refractivity contribution >= 4 is 17.2 Å². The molecule has 2 aromatic heterocycles. The highest BCUT2D eigenvalue weighted by atomic mass is 32.1. The maximum Gasteiger partial charge on any atom is 0.263 e. The Kier molecular flexibility index (Phi) is 4.66. The molecule has 0 spiro atoms. The smallest absolute Gasteiger partial charge is 0.263 e. The molecule has 6 nitrogen and oxygen atoms in total. The number of hydrogen-bond donors (Lipinski definition) is 2. The van der Waals surface area contributed by atoms with Crippen LogP contribution in [0, 0.1) is 11.8 Å². The zero-order chi connectivity index (χ0) is 13.5. The summed E-state index contributed by atoms with van der Waals surface area (Å²) < 4.78 is 4.57. The number of nitrogens with zero attached hydrogens (tertiary/aromatic N) is 2. The van der Waals surface area contributed by atoms with Crippen LogP contribution in [0.1, 0.15) is 27.5 Å². The van der Waals surface area contributed by atoms with E-state index in [0.29, 0.717) is 22.7 Å². The van der Waals surface area contributed by atoms with Gasteiger partial charge in [-0.3, -0.25) is 4.79 Å². The molecule has 0 aliphatic rings. The average molecular weight is 277 g/mol. The van der Waals surface area contributed by atoms with Crippen LogP contribution < -0.4 is 5.32 Å². The quantitative estimate of drug-likeness (QED) is 0.807. The van der Waals surface area contributed by atoms with Crippen molar-refractivity contribution in [1.82, 2.24) is 15.5 Å². The minimum absolute atomic E-state index is 0.0104. The molecule has 2 aromatic rings. The molecule has 2 rings (SSSR count). The second-order valence-corrected chi connectivity index (χ2v) is 4.39. The zero-order valence-corrected chi connectivity index (χ0v) is 10.7. The number of nitrogens with one attached hydrogen (secondary N) is 1. The molecule has 2 N–H and O–H groups in total. The van der Waals surface area contributed by atoms with Crippen LogP contribution in [0.5, 0.6) is 0 Å². The molecular formula is C12H11N3O3S. The Bertz CT molecular complexity index is 595. The molecule has 19 heavy (non-hydrogen) atoms. The van der Waals surface area contributed by atoms with E-state index >= 15 is 0 Å². The molecule has 0 aliphatic carbocycles. The van der Waals surface area contributed by atoms with Gasteiger partial charge in [0.15, 0.2) is 5.82 Å². The van der Waals surface area contributed by atoms with Crippen molar-refractivity contribution in [3.63, 3.8) is 0 Å². The first-order chi connectivity index (χ1) is 9.31. The van der Waals surface area contributed by atoms with Crippen LogP contribution in [-0.2, 0) is 6.54 Å². The molecule has 0 bridgehead atoms. The van der Waals surface area contributed by atoms with Crippen LogP contribution in [-0.4, -0.2) is 27.8 Å². The summed E-state index contributed by atoms with van der Waals surface area (Å²) in [6.45, 7) is 0.216. The van der Waals surface area contributed by atoms with Gasteiger partial charge in [0.2, 0.25) is 6.39 Å². The number of aromatic nitrogens is 2. The Labute approximate surface area is 113 Å². The summed E-state index contributed by atoms with van der Waals surface area (Å²) in [7, 11) is 0. The predicted molar refractivity (Wildman–Crippen MR) is 68.4 cm³/mol. The first-order valence-corrected chi connectivity index (χ1v) is 6.40. The van der Waals surface area contributed by atoms with E-state index in [0.717, 1.165) is 0 Å². The minimum atomic E-state index is -0.229. The van der Waals surface area contributed by atoms with Crippen LogP contribution in [0.25, 0.3) is 0 Å². The first-order valence-electron chi connectivity index (χ1n) is 5.52. The number of hydrogen-bond acceptors (Lipinski definition) is 6. The molecule has 0 aromatic carbocycles. The zero-order valence-electron chi connectivity index (χ0n) is 9.92. The molecule has 0 saturated heterocycles. The van der Waals surface area contributed by atoms with Gasteiger partial charge in [0.25, 0.3) is 5.91 Å². The Morgan fingerprint density at radius 1 is 1.58 bits per heavy atom. The second kappa shape index (κ2) is 6.68. The summed E-state index contributed by atoms with van der Waals surface area (Å²) in [5.74, 6) is 5.83. The molecule has 0 atom stereocenters. The topological polar surface area (TPSA) is 88.3 Å². The fourth-order valence-electron chi connectivity index (χ4n) is 1.31. The molecule has 0 radical (unpaired) electrons. The Balaban J connectivity index is 1.99. The van der Waals surface area contributed by atoms with Gasteiger partial charge in [-0.1, -0.05) is 17.0 Å². The van der Waals surface area contributed by atoms with E-state index in [4.69, 9.17) is 5.11 Å². The SMILES string of the molecule is O=C(NCc1ncon1)c1sccc1C#CCCO. The lowest BCUT2D eigenvalue weighted by Crippen LogP contribution is -2.23. The van der Waals surface area contributed by atoms with E-state index in [1.165, 1.54) is 17.7 Å². The fourth-order valence-corrected chi connectivity index (χ4v) is 2.07. The number of aliphatic hydroxyl groups is 1. The van der Waals surface area contributed by atoms with Crippen molar-refractivity contribution in [1.29, 1.82) is 0 Å². The third-order valence-electron chi connectivity index (χ3n) is 2.15. The third-order valence-corrected chi connectivity index (χ3v) is 3.06. The fraction of sp³-hybridized carbons (Fsp3) is 0.250. The van der Waals surface area contributed by atoms with Gasteiger partial charge < -0.3 is 14.9 Å². The van der Waals surface area contributed by atoms with Crippen molar-refractivity contribution in [2.75, 3.05) is 6.61 Å². The van der Waals surface area contributed by atoms with Crippen molar-refractivity contribution in [3.05, 3.63) is 34.1 Å². The summed E-state index contributed by atoms with van der Waals surface area (Å²) in [5, 5.41) is 16.7. The summed E-state index contributed by atoms with van der Waals surface area (Å²) in [5.41, 5.74) is 0.657. The highest BCUT2D eigenvalue weighted by Crippen LogP contribution is 2.15. The highest BCUT2D eigenvalue weighted by molar-refractivity contribution is 7.12. The second-order valence-electron chi connectivity index (χ2n) is 3.47. The predicted octanol–water partition coefficient (Wildman–Crippen LogP) is 0.795. The van der Waals surface area contributed by atoms with Gasteiger partial charge in [0, 0.05) is 12.0 Å².